The van der Waals surface area contributed by atoms with E-state index in [0.717, 1.165) is 22.4 Å². The quantitative estimate of drug-likeness (QED) is 0.454. The Labute approximate surface area is 151 Å². The summed E-state index contributed by atoms with van der Waals surface area (Å²) in [7, 11) is 0.711. The molecule has 0 saturated carbocycles. The minimum atomic E-state index is -1.35. The van der Waals surface area contributed by atoms with Crippen molar-refractivity contribution in [1.82, 2.24) is 0 Å². The Balaban J connectivity index is 2.36. The fourth-order valence-corrected chi connectivity index (χ4v) is 4.64. The molecule has 0 aliphatic heterocycles. The van der Waals surface area contributed by atoms with E-state index in [4.69, 9.17) is 0 Å². The van der Waals surface area contributed by atoms with Gasteiger partial charge < -0.3 is 0 Å². The third-order valence-electron chi connectivity index (χ3n) is 5.26. The lowest BCUT2D eigenvalue weighted by Crippen LogP contribution is -2.37. The van der Waals surface area contributed by atoms with Crippen molar-refractivity contribution in [3.05, 3.63) is 59.0 Å². The Morgan fingerprint density at radius 3 is 2.24 bits per heavy atom. The molecule has 0 spiro atoms. The first-order valence-corrected chi connectivity index (χ1v) is 12.3. The highest BCUT2D eigenvalue weighted by Crippen LogP contribution is 2.31. The minimum absolute atomic E-state index is 0.0924. The number of aromatic nitrogens is 1. The number of hydrogen-bond donors (Lipinski definition) is 0. The van der Waals surface area contributed by atoms with Gasteiger partial charge in [-0.25, -0.2) is 8.96 Å². The largest absolute Gasteiger partial charge is 0.220 e. The third kappa shape index (κ3) is 3.02. The van der Waals surface area contributed by atoms with Gasteiger partial charge in [0.05, 0.1) is 19.0 Å². The van der Waals surface area contributed by atoms with Crippen molar-refractivity contribution in [3.63, 3.8) is 0 Å². The van der Waals surface area contributed by atoms with E-state index < -0.39 is 8.07 Å². The summed E-state index contributed by atoms with van der Waals surface area (Å²) < 4.78 is 16.4. The number of pyridine rings is 1. The summed E-state index contributed by atoms with van der Waals surface area (Å²) in [5.74, 6) is -0.0924. The lowest BCUT2D eigenvalue weighted by molar-refractivity contribution is -0.659. The standard InChI is InChI=1S/C22H27FNSi/c1-14-12-20(15(2)16(3)21(14)23)22-19-9-8-18(25(5,6)7)13-17(19)10-11-24(22)4/h8-13H,1-7H3/q+1. The Hall–Kier alpha value is -2.00. The molecule has 0 aliphatic rings. The van der Waals surface area contributed by atoms with Crippen LogP contribution >= 0.6 is 0 Å². The first-order valence-electron chi connectivity index (χ1n) is 8.81. The molecule has 0 saturated heterocycles. The molecule has 1 heterocycles. The van der Waals surface area contributed by atoms with Crippen LogP contribution in [0.4, 0.5) is 4.39 Å². The average Bonchev–Trinajstić information content (AvgIpc) is 2.55. The normalized spacial score (nSPS) is 12.0. The summed E-state index contributed by atoms with van der Waals surface area (Å²) in [5, 5.41) is 3.94. The molecule has 3 aromatic rings. The van der Waals surface area contributed by atoms with Gasteiger partial charge in [0.1, 0.15) is 12.9 Å². The third-order valence-corrected chi connectivity index (χ3v) is 7.30. The first kappa shape index (κ1) is 17.8. The Morgan fingerprint density at radius 1 is 0.920 bits per heavy atom. The van der Waals surface area contributed by atoms with Crippen molar-refractivity contribution >= 4 is 24.0 Å². The number of aryl methyl sites for hydroxylation is 2. The van der Waals surface area contributed by atoms with Gasteiger partial charge in [-0.3, -0.25) is 0 Å². The van der Waals surface area contributed by atoms with Crippen LogP contribution in [0.15, 0.2) is 36.5 Å². The SMILES string of the molecule is Cc1cc(-c2c3ccc([Si](C)(C)C)cc3cc[n+]2C)c(C)c(C)c1F. The number of halogens is 1. The van der Waals surface area contributed by atoms with E-state index in [9.17, 15) is 4.39 Å². The summed E-state index contributed by atoms with van der Waals surface area (Å²) in [6.45, 7) is 12.8. The Bertz CT molecular complexity index is 984. The highest BCUT2D eigenvalue weighted by molar-refractivity contribution is 6.88. The molecule has 0 atom stereocenters. The zero-order valence-electron chi connectivity index (χ0n) is 16.3. The lowest BCUT2D eigenvalue weighted by atomic mass is 9.94. The van der Waals surface area contributed by atoms with Gasteiger partial charge in [-0.05, 0) is 55.0 Å². The number of nitrogens with zero attached hydrogens (tertiary/aromatic N) is 1. The number of rotatable bonds is 2. The maximum Gasteiger partial charge on any atom is 0.220 e. The van der Waals surface area contributed by atoms with E-state index in [1.54, 1.807) is 0 Å². The fourth-order valence-electron chi connectivity index (χ4n) is 3.47. The van der Waals surface area contributed by atoms with Crippen LogP contribution in [0.1, 0.15) is 16.7 Å². The van der Waals surface area contributed by atoms with Gasteiger partial charge in [-0.2, -0.15) is 0 Å². The molecule has 1 aromatic heterocycles. The number of hydrogen-bond acceptors (Lipinski definition) is 0. The molecule has 0 unspecified atom stereocenters. The van der Waals surface area contributed by atoms with Crippen molar-refractivity contribution in [1.29, 1.82) is 0 Å². The summed E-state index contributed by atoms with van der Waals surface area (Å²) in [6.07, 6.45) is 2.11. The number of fused-ring (bicyclic) bond motifs is 1. The van der Waals surface area contributed by atoms with Gasteiger partial charge in [0, 0.05) is 6.07 Å². The fraction of sp³-hybridized carbons (Fsp3) is 0.318. The summed E-state index contributed by atoms with van der Waals surface area (Å²) in [5.41, 5.74) is 4.73. The van der Waals surface area contributed by atoms with Crippen molar-refractivity contribution in [2.45, 2.75) is 40.4 Å². The molecule has 0 bridgehead atoms. The van der Waals surface area contributed by atoms with Crippen molar-refractivity contribution < 1.29 is 8.96 Å². The van der Waals surface area contributed by atoms with E-state index >= 15 is 0 Å². The highest BCUT2D eigenvalue weighted by Gasteiger charge is 2.22. The molecule has 2 aromatic carbocycles. The van der Waals surface area contributed by atoms with Gasteiger partial charge in [0.2, 0.25) is 5.69 Å². The Kier molecular flexibility index (Phi) is 4.32. The van der Waals surface area contributed by atoms with Crippen LogP contribution in [0.25, 0.3) is 22.0 Å². The second kappa shape index (κ2) is 6.06. The topological polar surface area (TPSA) is 3.88 Å². The van der Waals surface area contributed by atoms with E-state index in [0.29, 0.717) is 5.56 Å². The molecule has 25 heavy (non-hydrogen) atoms. The van der Waals surface area contributed by atoms with Crippen LogP contribution in [-0.2, 0) is 7.05 Å². The molecular formula is C22H27FNSi+. The van der Waals surface area contributed by atoms with Gasteiger partial charge in [-0.1, -0.05) is 37.0 Å². The van der Waals surface area contributed by atoms with E-state index in [2.05, 4.69) is 61.7 Å². The maximum absolute atomic E-state index is 14.3. The van der Waals surface area contributed by atoms with Crippen molar-refractivity contribution in [2.75, 3.05) is 0 Å². The van der Waals surface area contributed by atoms with E-state index in [1.165, 1.54) is 16.0 Å². The summed E-state index contributed by atoms with van der Waals surface area (Å²) in [6, 6.07) is 11.0. The minimum Gasteiger partial charge on any atom is -0.206 e. The highest BCUT2D eigenvalue weighted by atomic mass is 28.3. The van der Waals surface area contributed by atoms with Gasteiger partial charge >= 0.3 is 0 Å². The molecule has 3 rings (SSSR count). The van der Waals surface area contributed by atoms with Crippen LogP contribution in [0.2, 0.25) is 19.6 Å². The molecular weight excluding hydrogens is 325 g/mol. The van der Waals surface area contributed by atoms with Crippen molar-refractivity contribution in [2.24, 2.45) is 7.05 Å². The molecule has 0 radical (unpaired) electrons. The van der Waals surface area contributed by atoms with Crippen LogP contribution < -0.4 is 9.75 Å². The van der Waals surface area contributed by atoms with Crippen LogP contribution in [0.3, 0.4) is 0 Å². The van der Waals surface area contributed by atoms with E-state index in [1.807, 2.05) is 26.8 Å². The van der Waals surface area contributed by atoms with E-state index in [-0.39, 0.29) is 5.82 Å². The molecule has 0 fully saturated rings. The molecule has 130 valence electrons. The second-order valence-corrected chi connectivity index (χ2v) is 13.2. The van der Waals surface area contributed by atoms with Gasteiger partial charge in [0.25, 0.3) is 0 Å². The zero-order chi connectivity index (χ0) is 18.5. The second-order valence-electron chi connectivity index (χ2n) is 8.13. The predicted molar refractivity (Wildman–Crippen MR) is 108 cm³/mol. The van der Waals surface area contributed by atoms with Crippen molar-refractivity contribution in [3.8, 4) is 11.3 Å². The summed E-state index contributed by atoms with van der Waals surface area (Å²) >= 11 is 0. The molecule has 1 nitrogen and oxygen atoms in total. The predicted octanol–water partition coefficient (Wildman–Crippen LogP) is 4.94. The zero-order valence-corrected chi connectivity index (χ0v) is 17.3. The van der Waals surface area contributed by atoms with Crippen LogP contribution in [-0.4, -0.2) is 8.07 Å². The Morgan fingerprint density at radius 2 is 1.60 bits per heavy atom. The monoisotopic (exact) mass is 352 g/mol. The molecule has 0 N–H and O–H groups in total. The average molecular weight is 353 g/mol. The summed E-state index contributed by atoms with van der Waals surface area (Å²) in [4.78, 5) is 0. The maximum atomic E-state index is 14.3. The van der Waals surface area contributed by atoms with Gasteiger partial charge in [-0.15, -0.1) is 0 Å². The molecule has 0 amide bonds. The van der Waals surface area contributed by atoms with Gasteiger partial charge in [0.15, 0.2) is 6.20 Å². The molecule has 0 aliphatic carbocycles. The van der Waals surface area contributed by atoms with Crippen LogP contribution in [0.5, 0.6) is 0 Å². The first-order chi connectivity index (χ1) is 11.6. The van der Waals surface area contributed by atoms with Crippen LogP contribution in [0, 0.1) is 26.6 Å². The molecule has 3 heteroatoms. The lowest BCUT2D eigenvalue weighted by Gasteiger charge is -2.18. The smallest absolute Gasteiger partial charge is 0.206 e. The number of benzene rings is 2.